The van der Waals surface area contributed by atoms with Crippen molar-refractivity contribution in [2.24, 2.45) is 0 Å². The number of hydrogen-bond acceptors (Lipinski definition) is 6. The molecule has 0 saturated carbocycles. The maximum Gasteiger partial charge on any atom is 0.416 e. The number of anilines is 1. The van der Waals surface area contributed by atoms with E-state index in [0.29, 0.717) is 48.1 Å². The number of benzene rings is 1. The summed E-state index contributed by atoms with van der Waals surface area (Å²) in [6, 6.07) is 3.74. The zero-order valence-corrected chi connectivity index (χ0v) is 19.7. The fourth-order valence-corrected chi connectivity index (χ4v) is 6.47. The zero-order chi connectivity index (χ0) is 24.0. The highest BCUT2D eigenvalue weighted by Gasteiger charge is 2.38. The molecule has 1 aliphatic heterocycles. The van der Waals surface area contributed by atoms with Crippen molar-refractivity contribution in [2.45, 2.75) is 22.3 Å². The maximum absolute atomic E-state index is 13.4. The Bertz CT molecular complexity index is 1290. The van der Waals surface area contributed by atoms with Gasteiger partial charge in [-0.2, -0.15) is 26.3 Å². The Morgan fingerprint density at radius 2 is 1.68 bits per heavy atom. The second kappa shape index (κ2) is 9.51. The molecular formula is C20H18ClF6N3O2S2. The van der Waals surface area contributed by atoms with Crippen LogP contribution in [0.15, 0.2) is 40.7 Å². The summed E-state index contributed by atoms with van der Waals surface area (Å²) in [7, 11) is -4.38. The molecule has 4 rings (SSSR count). The van der Waals surface area contributed by atoms with E-state index in [2.05, 4.69) is 10.3 Å². The number of rotatable bonds is 4. The Kier molecular flexibility index (Phi) is 7.42. The number of sulfone groups is 1. The first-order chi connectivity index (χ1) is 15.4. The molecular weight excluding hydrogens is 528 g/mol. The molecule has 1 fully saturated rings. The molecule has 1 N–H and O–H groups in total. The van der Waals surface area contributed by atoms with E-state index in [1.807, 2.05) is 4.90 Å². The first kappa shape index (κ1) is 26.5. The SMILES string of the molecule is Cl.O=S(=O)(Cc1cc(C(F)(F)F)ccc1C(F)(F)F)c1cc2c(N3CCNCC3)nccc2s1. The molecule has 14 heteroatoms. The van der Waals surface area contributed by atoms with Crippen LogP contribution in [-0.4, -0.2) is 39.6 Å². The highest BCUT2D eigenvalue weighted by atomic mass is 35.5. The molecule has 34 heavy (non-hydrogen) atoms. The number of piperazine rings is 1. The van der Waals surface area contributed by atoms with Crippen LogP contribution >= 0.6 is 23.7 Å². The van der Waals surface area contributed by atoms with E-state index in [0.717, 1.165) is 11.3 Å². The molecule has 0 amide bonds. The standard InChI is InChI=1S/C20H17F6N3O2S2.ClH/c21-19(22,23)13-1-2-15(20(24,25)26)12(9-13)11-33(30,31)17-10-14-16(32-17)3-4-28-18(14)29-7-5-27-6-8-29;/h1-4,9-10,27H,5-8,11H2;1H. The van der Waals surface area contributed by atoms with Gasteiger partial charge in [0.15, 0.2) is 9.84 Å². The van der Waals surface area contributed by atoms with Gasteiger partial charge >= 0.3 is 12.4 Å². The van der Waals surface area contributed by atoms with E-state index in [1.165, 1.54) is 12.3 Å². The number of aromatic nitrogens is 1. The molecule has 0 radical (unpaired) electrons. The van der Waals surface area contributed by atoms with Crippen LogP contribution in [0.5, 0.6) is 0 Å². The molecule has 0 spiro atoms. The lowest BCUT2D eigenvalue weighted by atomic mass is 10.0. The van der Waals surface area contributed by atoms with E-state index < -0.39 is 44.6 Å². The number of alkyl halides is 6. The minimum Gasteiger partial charge on any atom is -0.354 e. The van der Waals surface area contributed by atoms with Gasteiger partial charge in [0.2, 0.25) is 0 Å². The third kappa shape index (κ3) is 5.42. The van der Waals surface area contributed by atoms with E-state index in [4.69, 9.17) is 0 Å². The van der Waals surface area contributed by atoms with Crippen molar-refractivity contribution in [3.8, 4) is 0 Å². The van der Waals surface area contributed by atoms with Crippen LogP contribution in [-0.2, 0) is 27.9 Å². The summed E-state index contributed by atoms with van der Waals surface area (Å²) in [5, 5.41) is 3.72. The number of nitrogens with one attached hydrogen (secondary N) is 1. The number of pyridine rings is 1. The van der Waals surface area contributed by atoms with Gasteiger partial charge in [-0.15, -0.1) is 23.7 Å². The van der Waals surface area contributed by atoms with Gasteiger partial charge in [0.05, 0.1) is 16.9 Å². The van der Waals surface area contributed by atoms with Gasteiger partial charge in [-0.3, -0.25) is 0 Å². The van der Waals surface area contributed by atoms with Crippen LogP contribution in [0.3, 0.4) is 0 Å². The predicted octanol–water partition coefficient (Wildman–Crippen LogP) is 5.14. The van der Waals surface area contributed by atoms with Crippen LogP contribution in [0.25, 0.3) is 10.1 Å². The van der Waals surface area contributed by atoms with Crippen LogP contribution in [0.4, 0.5) is 32.2 Å². The van der Waals surface area contributed by atoms with Crippen molar-refractivity contribution >= 4 is 49.5 Å². The predicted molar refractivity (Wildman–Crippen MR) is 119 cm³/mol. The summed E-state index contributed by atoms with van der Waals surface area (Å²) in [6.07, 6.45) is -8.40. The van der Waals surface area contributed by atoms with Crippen molar-refractivity contribution in [1.29, 1.82) is 0 Å². The monoisotopic (exact) mass is 545 g/mol. The third-order valence-corrected chi connectivity index (χ3v) is 8.54. The summed E-state index contributed by atoms with van der Waals surface area (Å²) in [5.41, 5.74) is -3.71. The van der Waals surface area contributed by atoms with Crippen molar-refractivity contribution < 1.29 is 34.8 Å². The number of fused-ring (bicyclic) bond motifs is 1. The topological polar surface area (TPSA) is 62.3 Å². The first-order valence-corrected chi connectivity index (χ1v) is 12.2. The van der Waals surface area contributed by atoms with E-state index in [-0.39, 0.29) is 28.7 Å². The van der Waals surface area contributed by atoms with Gasteiger partial charge in [-0.25, -0.2) is 13.4 Å². The smallest absolute Gasteiger partial charge is 0.354 e. The normalized spacial score (nSPS) is 15.4. The van der Waals surface area contributed by atoms with Crippen LogP contribution in [0.1, 0.15) is 16.7 Å². The van der Waals surface area contributed by atoms with Crippen molar-refractivity contribution in [1.82, 2.24) is 10.3 Å². The van der Waals surface area contributed by atoms with E-state index in [1.54, 1.807) is 6.07 Å². The number of nitrogens with zero attached hydrogens (tertiary/aromatic N) is 2. The quantitative estimate of drug-likeness (QED) is 0.460. The van der Waals surface area contributed by atoms with Gasteiger partial charge in [0, 0.05) is 42.5 Å². The van der Waals surface area contributed by atoms with Gasteiger partial charge in [0.1, 0.15) is 10.0 Å². The molecule has 1 saturated heterocycles. The molecule has 186 valence electrons. The third-order valence-electron chi connectivity index (χ3n) is 5.21. The van der Waals surface area contributed by atoms with Gasteiger partial charge < -0.3 is 10.2 Å². The van der Waals surface area contributed by atoms with Crippen LogP contribution < -0.4 is 10.2 Å². The Morgan fingerprint density at radius 3 is 2.29 bits per heavy atom. The minimum absolute atomic E-state index is 0. The lowest BCUT2D eigenvalue weighted by Gasteiger charge is -2.28. The van der Waals surface area contributed by atoms with Crippen molar-refractivity contribution in [3.05, 3.63) is 53.2 Å². The molecule has 0 atom stereocenters. The Morgan fingerprint density at radius 1 is 1.00 bits per heavy atom. The Labute approximate surface area is 201 Å². The maximum atomic E-state index is 13.4. The number of hydrogen-bond donors (Lipinski definition) is 1. The minimum atomic E-state index is -5.01. The molecule has 5 nitrogen and oxygen atoms in total. The average Bonchev–Trinajstić information content (AvgIpc) is 3.18. The molecule has 2 aromatic heterocycles. The second-order valence-corrected chi connectivity index (χ2v) is 10.8. The fourth-order valence-electron chi connectivity index (χ4n) is 3.65. The van der Waals surface area contributed by atoms with Crippen molar-refractivity contribution in [2.75, 3.05) is 31.1 Å². The van der Waals surface area contributed by atoms with Gasteiger partial charge in [-0.1, -0.05) is 0 Å². The van der Waals surface area contributed by atoms with E-state index in [9.17, 15) is 34.8 Å². The van der Waals surface area contributed by atoms with Gasteiger partial charge in [0.25, 0.3) is 0 Å². The summed E-state index contributed by atoms with van der Waals surface area (Å²) in [6.45, 7) is 2.71. The molecule has 3 aromatic rings. The average molecular weight is 546 g/mol. The summed E-state index contributed by atoms with van der Waals surface area (Å²) in [5.74, 6) is -0.656. The lowest BCUT2D eigenvalue weighted by Crippen LogP contribution is -2.43. The lowest BCUT2D eigenvalue weighted by molar-refractivity contribution is -0.141. The Hall–Kier alpha value is -2.09. The molecule has 0 bridgehead atoms. The Balaban J connectivity index is 0.00000324. The largest absolute Gasteiger partial charge is 0.416 e. The second-order valence-electron chi connectivity index (χ2n) is 7.48. The highest BCUT2D eigenvalue weighted by Crippen LogP contribution is 2.40. The number of halogens is 7. The summed E-state index contributed by atoms with van der Waals surface area (Å²) < 4.78 is 106. The van der Waals surface area contributed by atoms with Crippen LogP contribution in [0.2, 0.25) is 0 Å². The first-order valence-electron chi connectivity index (χ1n) is 9.70. The molecule has 0 unspecified atom stereocenters. The molecule has 0 aliphatic carbocycles. The molecule has 1 aromatic carbocycles. The summed E-state index contributed by atoms with van der Waals surface area (Å²) >= 11 is 0.851. The number of thiophene rings is 1. The fraction of sp³-hybridized carbons (Fsp3) is 0.350. The van der Waals surface area contributed by atoms with E-state index >= 15 is 0 Å². The van der Waals surface area contributed by atoms with Crippen molar-refractivity contribution in [3.63, 3.8) is 0 Å². The zero-order valence-electron chi connectivity index (χ0n) is 17.2. The molecule has 1 aliphatic rings. The van der Waals surface area contributed by atoms with Crippen LogP contribution in [0, 0.1) is 0 Å². The summed E-state index contributed by atoms with van der Waals surface area (Å²) in [4.78, 5) is 6.30. The highest BCUT2D eigenvalue weighted by molar-refractivity contribution is 7.92. The van der Waals surface area contributed by atoms with Gasteiger partial charge in [-0.05, 0) is 35.9 Å². The molecule has 3 heterocycles.